The summed E-state index contributed by atoms with van der Waals surface area (Å²) in [6.45, 7) is 6.30. The molecule has 124 valence electrons. The van der Waals surface area contributed by atoms with E-state index in [1.165, 1.54) is 10.7 Å². The predicted octanol–water partition coefficient (Wildman–Crippen LogP) is 1.16. The number of amides is 1. The molecule has 2 rings (SSSR count). The summed E-state index contributed by atoms with van der Waals surface area (Å²) in [5.74, 6) is -0.338. The van der Waals surface area contributed by atoms with Gasteiger partial charge < -0.3 is 15.4 Å². The van der Waals surface area contributed by atoms with E-state index in [4.69, 9.17) is 0 Å². The fourth-order valence-corrected chi connectivity index (χ4v) is 2.36. The number of aromatic nitrogens is 4. The van der Waals surface area contributed by atoms with Gasteiger partial charge in [-0.15, -0.1) is 0 Å². The summed E-state index contributed by atoms with van der Waals surface area (Å²) in [7, 11) is 1.86. The molecule has 2 aromatic rings. The van der Waals surface area contributed by atoms with Gasteiger partial charge in [-0.05, 0) is 25.7 Å². The average molecular weight is 320 g/mol. The Bertz CT molecular complexity index is 746. The van der Waals surface area contributed by atoms with Gasteiger partial charge in [0.25, 0.3) is 0 Å². The monoisotopic (exact) mass is 320 g/mol. The minimum absolute atomic E-state index is 0.134. The van der Waals surface area contributed by atoms with Crippen LogP contribution in [0.1, 0.15) is 29.1 Å². The molecule has 0 aliphatic heterocycles. The van der Waals surface area contributed by atoms with Crippen LogP contribution in [0.2, 0.25) is 0 Å². The van der Waals surface area contributed by atoms with Crippen molar-refractivity contribution in [2.45, 2.75) is 40.3 Å². The highest BCUT2D eigenvalue weighted by molar-refractivity contribution is 5.75. The Morgan fingerprint density at radius 3 is 2.57 bits per heavy atom. The van der Waals surface area contributed by atoms with Crippen LogP contribution < -0.4 is 5.32 Å². The molecule has 0 unspecified atom stereocenters. The van der Waals surface area contributed by atoms with E-state index in [2.05, 4.69) is 15.5 Å². The minimum atomic E-state index is -0.544. The van der Waals surface area contributed by atoms with E-state index in [9.17, 15) is 14.9 Å². The van der Waals surface area contributed by atoms with Crippen LogP contribution in [0.25, 0.3) is 0 Å². The van der Waals surface area contributed by atoms with Crippen LogP contribution in [0.4, 0.5) is 5.82 Å². The zero-order chi connectivity index (χ0) is 17.1. The van der Waals surface area contributed by atoms with E-state index in [1.54, 1.807) is 11.6 Å². The second-order valence-corrected chi connectivity index (χ2v) is 5.42. The van der Waals surface area contributed by atoms with Gasteiger partial charge >= 0.3 is 5.82 Å². The molecule has 9 nitrogen and oxygen atoms in total. The Labute approximate surface area is 133 Å². The van der Waals surface area contributed by atoms with E-state index in [-0.39, 0.29) is 18.1 Å². The third-order valence-electron chi connectivity index (χ3n) is 3.83. The van der Waals surface area contributed by atoms with Gasteiger partial charge in [0, 0.05) is 31.3 Å². The van der Waals surface area contributed by atoms with Crippen LogP contribution in [0.15, 0.2) is 6.07 Å². The molecule has 2 heterocycles. The number of hydrogen-bond donors (Lipinski definition) is 1. The first-order chi connectivity index (χ1) is 10.8. The van der Waals surface area contributed by atoms with Gasteiger partial charge in [0.1, 0.15) is 0 Å². The maximum atomic E-state index is 12.0. The Morgan fingerprint density at radius 2 is 2.04 bits per heavy atom. The zero-order valence-corrected chi connectivity index (χ0v) is 13.7. The molecule has 0 spiro atoms. The highest BCUT2D eigenvalue weighted by Gasteiger charge is 2.16. The third kappa shape index (κ3) is 3.74. The predicted molar refractivity (Wildman–Crippen MR) is 82.8 cm³/mol. The molecule has 0 aliphatic carbocycles. The highest BCUT2D eigenvalue weighted by atomic mass is 16.6. The van der Waals surface area contributed by atoms with Crippen molar-refractivity contribution in [2.24, 2.45) is 7.05 Å². The number of aryl methyl sites for hydroxylation is 4. The van der Waals surface area contributed by atoms with Gasteiger partial charge in [0.2, 0.25) is 5.91 Å². The van der Waals surface area contributed by atoms with Crippen molar-refractivity contribution < 1.29 is 9.72 Å². The molecule has 1 amide bonds. The molecule has 0 fully saturated rings. The van der Waals surface area contributed by atoms with Crippen molar-refractivity contribution in [1.82, 2.24) is 24.9 Å². The summed E-state index contributed by atoms with van der Waals surface area (Å²) in [5.41, 5.74) is 3.57. The summed E-state index contributed by atoms with van der Waals surface area (Å²) in [6, 6.07) is 1.39. The molecule has 9 heteroatoms. The van der Waals surface area contributed by atoms with Gasteiger partial charge in [-0.3, -0.25) is 9.48 Å². The van der Waals surface area contributed by atoms with Crippen LogP contribution >= 0.6 is 0 Å². The maximum Gasteiger partial charge on any atom is 0.390 e. The molecule has 2 aromatic heterocycles. The summed E-state index contributed by atoms with van der Waals surface area (Å²) in [5, 5.41) is 21.7. The van der Waals surface area contributed by atoms with E-state index in [1.807, 2.05) is 20.9 Å². The lowest BCUT2D eigenvalue weighted by atomic mass is 10.2. The minimum Gasteiger partial charge on any atom is -0.358 e. The van der Waals surface area contributed by atoms with Gasteiger partial charge in [-0.25, -0.2) is 0 Å². The Morgan fingerprint density at radius 1 is 1.35 bits per heavy atom. The largest absolute Gasteiger partial charge is 0.390 e. The Kier molecular flexibility index (Phi) is 4.77. The number of hydrogen-bond acceptors (Lipinski definition) is 5. The number of rotatable bonds is 6. The Hall–Kier alpha value is -2.71. The van der Waals surface area contributed by atoms with Crippen LogP contribution in [0, 0.1) is 30.9 Å². The number of carbonyl (C=O) groups is 1. The molecule has 0 bridgehead atoms. The van der Waals surface area contributed by atoms with E-state index in [0.717, 1.165) is 17.0 Å². The van der Waals surface area contributed by atoms with Crippen molar-refractivity contribution in [3.63, 3.8) is 0 Å². The first kappa shape index (κ1) is 16.7. The van der Waals surface area contributed by atoms with Crippen molar-refractivity contribution in [2.75, 3.05) is 0 Å². The molecule has 0 saturated carbocycles. The van der Waals surface area contributed by atoms with Crippen molar-refractivity contribution in [3.05, 3.63) is 38.8 Å². The topological polar surface area (TPSA) is 108 Å². The van der Waals surface area contributed by atoms with E-state index >= 15 is 0 Å². The van der Waals surface area contributed by atoms with Crippen LogP contribution in [0.5, 0.6) is 0 Å². The average Bonchev–Trinajstić information content (AvgIpc) is 2.96. The SMILES string of the molecule is Cc1nn(C)c(C)c1CNC(=O)CCn1nc([N+](=O)[O-])cc1C. The van der Waals surface area contributed by atoms with Gasteiger partial charge in [0.05, 0.1) is 29.1 Å². The van der Waals surface area contributed by atoms with Crippen molar-refractivity contribution in [3.8, 4) is 0 Å². The smallest absolute Gasteiger partial charge is 0.358 e. The van der Waals surface area contributed by atoms with E-state index in [0.29, 0.717) is 18.8 Å². The fourth-order valence-electron chi connectivity index (χ4n) is 2.36. The molecule has 1 N–H and O–H groups in total. The van der Waals surface area contributed by atoms with Gasteiger partial charge in [-0.2, -0.15) is 9.78 Å². The highest BCUT2D eigenvalue weighted by Crippen LogP contribution is 2.12. The van der Waals surface area contributed by atoms with Crippen LogP contribution in [-0.2, 0) is 24.9 Å². The number of carbonyl (C=O) groups excluding carboxylic acids is 1. The third-order valence-corrected chi connectivity index (χ3v) is 3.83. The molecule has 0 radical (unpaired) electrons. The number of nitrogens with one attached hydrogen (secondary N) is 1. The molecule has 0 atom stereocenters. The summed E-state index contributed by atoms with van der Waals surface area (Å²) in [6.07, 6.45) is 0.206. The van der Waals surface area contributed by atoms with Crippen molar-refractivity contribution in [1.29, 1.82) is 0 Å². The summed E-state index contributed by atoms with van der Waals surface area (Å²) >= 11 is 0. The molecular formula is C14H20N6O3. The van der Waals surface area contributed by atoms with Crippen LogP contribution in [-0.4, -0.2) is 30.4 Å². The lowest BCUT2D eigenvalue weighted by Gasteiger charge is -2.06. The van der Waals surface area contributed by atoms with Crippen LogP contribution in [0.3, 0.4) is 0 Å². The zero-order valence-electron chi connectivity index (χ0n) is 13.7. The number of nitrogens with zero attached hydrogens (tertiary/aromatic N) is 5. The lowest BCUT2D eigenvalue weighted by molar-refractivity contribution is -0.389. The molecule has 0 saturated heterocycles. The molecular weight excluding hydrogens is 300 g/mol. The second-order valence-electron chi connectivity index (χ2n) is 5.42. The molecule has 0 aromatic carbocycles. The quantitative estimate of drug-likeness (QED) is 0.634. The first-order valence-electron chi connectivity index (χ1n) is 7.24. The van der Waals surface area contributed by atoms with E-state index < -0.39 is 4.92 Å². The van der Waals surface area contributed by atoms with Crippen molar-refractivity contribution >= 4 is 11.7 Å². The summed E-state index contributed by atoms with van der Waals surface area (Å²) < 4.78 is 3.25. The normalized spacial score (nSPS) is 10.8. The fraction of sp³-hybridized carbons (Fsp3) is 0.500. The summed E-state index contributed by atoms with van der Waals surface area (Å²) in [4.78, 5) is 22.1. The van der Waals surface area contributed by atoms with Gasteiger partial charge in [-0.1, -0.05) is 0 Å². The second kappa shape index (κ2) is 6.59. The molecule has 0 aliphatic rings. The Balaban J connectivity index is 1.89. The molecule has 23 heavy (non-hydrogen) atoms. The number of nitro groups is 1. The lowest BCUT2D eigenvalue weighted by Crippen LogP contribution is -2.24. The standard InChI is InChI=1S/C14H20N6O3/c1-9-7-13(20(22)23)17-19(9)6-5-14(21)15-8-12-10(2)16-18(4)11(12)3/h7H,5-6,8H2,1-4H3,(H,15,21). The first-order valence-corrected chi connectivity index (χ1v) is 7.24. The maximum absolute atomic E-state index is 12.0. The van der Waals surface area contributed by atoms with Gasteiger partial charge in [0.15, 0.2) is 0 Å².